The Bertz CT molecular complexity index is 939. The second-order valence-electron chi connectivity index (χ2n) is 6.57. The molecule has 0 saturated heterocycles. The molecule has 0 bridgehead atoms. The van der Waals surface area contributed by atoms with Gasteiger partial charge in [-0.05, 0) is 57.2 Å². The van der Waals surface area contributed by atoms with Crippen LogP contribution in [-0.2, 0) is 4.79 Å². The van der Waals surface area contributed by atoms with Gasteiger partial charge in [-0.1, -0.05) is 12.1 Å². The molecule has 2 heterocycles. The lowest BCUT2D eigenvalue weighted by molar-refractivity contribution is -0.127. The minimum Gasteiger partial charge on any atom is -0.494 e. The monoisotopic (exact) mass is 411 g/mol. The van der Waals surface area contributed by atoms with Gasteiger partial charge in [0.1, 0.15) is 22.5 Å². The van der Waals surface area contributed by atoms with Crippen molar-refractivity contribution >= 4 is 22.8 Å². The highest BCUT2D eigenvalue weighted by Crippen LogP contribution is 2.45. The molecule has 8 heteroatoms. The molecule has 0 aliphatic carbocycles. The molecule has 0 saturated carbocycles. The zero-order chi connectivity index (χ0) is 21.1. The van der Waals surface area contributed by atoms with Crippen molar-refractivity contribution in [2.45, 2.75) is 33.7 Å². The first kappa shape index (κ1) is 20.8. The van der Waals surface area contributed by atoms with Gasteiger partial charge >= 0.3 is 0 Å². The highest BCUT2D eigenvalue weighted by atomic mass is 32.2. The maximum Gasteiger partial charge on any atom is 0.254 e. The summed E-state index contributed by atoms with van der Waals surface area (Å²) in [5.41, 5.74) is 8.41. The number of likely N-dealkylation sites (N-methyl/N-ethyl adjacent to an activating group) is 1. The normalized spacial score (nSPS) is 18.4. The molecule has 0 spiro atoms. The van der Waals surface area contributed by atoms with Crippen molar-refractivity contribution in [3.05, 3.63) is 51.8 Å². The number of amidine groups is 1. The van der Waals surface area contributed by atoms with Crippen LogP contribution in [0.3, 0.4) is 0 Å². The fourth-order valence-corrected chi connectivity index (χ4v) is 4.44. The van der Waals surface area contributed by atoms with Crippen molar-refractivity contribution in [1.29, 1.82) is 5.26 Å². The van der Waals surface area contributed by atoms with Crippen molar-refractivity contribution in [3.8, 4) is 11.8 Å². The maximum absolute atomic E-state index is 13.4. The van der Waals surface area contributed by atoms with E-state index >= 15 is 0 Å². The van der Waals surface area contributed by atoms with E-state index < -0.39 is 6.04 Å². The standard InChI is InChI=1S/C21H25N5O2S/c1-5-25(6-2)20(27)17-13(4)24-21-26(19(23)16(12-22)29-21)18(17)14-8-10-15(11-9-14)28-7-3/h8-11,18H,5-7,23H2,1-4H3/t18-/m1/s1. The number of nitriles is 1. The van der Waals surface area contributed by atoms with Crippen LogP contribution in [0.2, 0.25) is 0 Å². The Morgan fingerprint density at radius 3 is 2.52 bits per heavy atom. The Hall–Kier alpha value is -2.92. The molecule has 2 aliphatic rings. The number of hydrogen-bond donors (Lipinski definition) is 1. The van der Waals surface area contributed by atoms with Crippen LogP contribution in [0.5, 0.6) is 5.75 Å². The SMILES string of the molecule is CCOc1ccc([C@@H]2C(C(=O)N(CC)CC)=C(C)N=C3SC(C#N)=C(N)N32)cc1. The maximum atomic E-state index is 13.4. The Morgan fingerprint density at radius 1 is 1.31 bits per heavy atom. The topological polar surface area (TPSA) is 94.9 Å². The van der Waals surface area contributed by atoms with Crippen LogP contribution < -0.4 is 10.5 Å². The smallest absolute Gasteiger partial charge is 0.254 e. The van der Waals surface area contributed by atoms with Crippen molar-refractivity contribution in [2.24, 2.45) is 10.7 Å². The first-order valence-electron chi connectivity index (χ1n) is 9.65. The summed E-state index contributed by atoms with van der Waals surface area (Å²) in [4.78, 5) is 22.0. The molecule has 152 valence electrons. The van der Waals surface area contributed by atoms with Crippen LogP contribution in [0.4, 0.5) is 0 Å². The molecule has 2 aliphatic heterocycles. The average Bonchev–Trinajstić information content (AvgIpc) is 3.03. The molecular formula is C21H25N5O2S. The largest absolute Gasteiger partial charge is 0.494 e. The number of carbonyl (C=O) groups is 1. The molecule has 0 unspecified atom stereocenters. The fourth-order valence-electron chi connectivity index (χ4n) is 3.52. The van der Waals surface area contributed by atoms with Gasteiger partial charge in [0.15, 0.2) is 5.17 Å². The number of nitrogens with two attached hydrogens (primary N) is 1. The van der Waals surface area contributed by atoms with Crippen molar-refractivity contribution in [3.63, 3.8) is 0 Å². The third-order valence-electron chi connectivity index (χ3n) is 4.97. The van der Waals surface area contributed by atoms with Gasteiger partial charge in [0.2, 0.25) is 0 Å². The predicted octanol–water partition coefficient (Wildman–Crippen LogP) is 3.34. The third-order valence-corrected chi connectivity index (χ3v) is 5.94. The Morgan fingerprint density at radius 2 is 1.97 bits per heavy atom. The quantitative estimate of drug-likeness (QED) is 0.771. The van der Waals surface area contributed by atoms with E-state index in [1.165, 1.54) is 11.8 Å². The summed E-state index contributed by atoms with van der Waals surface area (Å²) in [5.74, 6) is 1.01. The van der Waals surface area contributed by atoms with Crippen LogP contribution in [0.1, 0.15) is 39.3 Å². The van der Waals surface area contributed by atoms with Crippen LogP contribution in [0, 0.1) is 11.3 Å². The van der Waals surface area contributed by atoms with Gasteiger partial charge < -0.3 is 15.4 Å². The summed E-state index contributed by atoms with van der Waals surface area (Å²) >= 11 is 1.24. The number of thioether (sulfide) groups is 1. The summed E-state index contributed by atoms with van der Waals surface area (Å²) in [7, 11) is 0. The van der Waals surface area contributed by atoms with E-state index in [1.54, 1.807) is 9.80 Å². The molecule has 3 rings (SSSR count). The second kappa shape index (κ2) is 8.62. The van der Waals surface area contributed by atoms with Gasteiger partial charge in [-0.25, -0.2) is 4.99 Å². The number of allylic oxidation sites excluding steroid dienone is 2. The lowest BCUT2D eigenvalue weighted by atomic mass is 9.93. The lowest BCUT2D eigenvalue weighted by Crippen LogP contribution is -2.42. The number of benzene rings is 1. The van der Waals surface area contributed by atoms with E-state index in [9.17, 15) is 10.1 Å². The first-order valence-corrected chi connectivity index (χ1v) is 10.5. The number of fused-ring (bicyclic) bond motifs is 1. The molecule has 0 radical (unpaired) electrons. The highest BCUT2D eigenvalue weighted by molar-refractivity contribution is 8.17. The summed E-state index contributed by atoms with van der Waals surface area (Å²) < 4.78 is 5.55. The number of rotatable bonds is 6. The molecule has 0 fully saturated rings. The molecule has 1 aromatic rings. The zero-order valence-electron chi connectivity index (χ0n) is 17.1. The minimum absolute atomic E-state index is 0.0719. The number of amides is 1. The molecule has 0 aromatic heterocycles. The molecule has 7 nitrogen and oxygen atoms in total. The summed E-state index contributed by atoms with van der Waals surface area (Å²) in [6.07, 6.45) is 0. The summed E-state index contributed by atoms with van der Waals surface area (Å²) in [6.45, 7) is 9.45. The lowest BCUT2D eigenvalue weighted by Gasteiger charge is -2.36. The molecule has 1 aromatic carbocycles. The zero-order valence-corrected chi connectivity index (χ0v) is 17.9. The molecule has 2 N–H and O–H groups in total. The third kappa shape index (κ3) is 3.70. The van der Waals surface area contributed by atoms with E-state index in [4.69, 9.17) is 10.5 Å². The summed E-state index contributed by atoms with van der Waals surface area (Å²) in [6, 6.07) is 9.31. The predicted molar refractivity (Wildman–Crippen MR) is 115 cm³/mol. The Kier molecular flexibility index (Phi) is 6.18. The number of nitrogens with zero attached hydrogens (tertiary/aromatic N) is 4. The van der Waals surface area contributed by atoms with E-state index in [2.05, 4.69) is 11.1 Å². The van der Waals surface area contributed by atoms with Gasteiger partial charge in [-0.15, -0.1) is 0 Å². The number of hydrogen-bond acceptors (Lipinski definition) is 7. The first-order chi connectivity index (χ1) is 14.0. The number of carbonyl (C=O) groups excluding carboxylic acids is 1. The van der Waals surface area contributed by atoms with Gasteiger partial charge in [-0.3, -0.25) is 9.69 Å². The van der Waals surface area contributed by atoms with Gasteiger partial charge in [0.25, 0.3) is 5.91 Å². The fraction of sp³-hybridized carbons (Fsp3) is 0.381. The van der Waals surface area contributed by atoms with Crippen molar-refractivity contribution < 1.29 is 9.53 Å². The van der Waals surface area contributed by atoms with Crippen molar-refractivity contribution in [2.75, 3.05) is 19.7 Å². The molecule has 1 amide bonds. The van der Waals surface area contributed by atoms with Crippen LogP contribution >= 0.6 is 11.8 Å². The van der Waals surface area contributed by atoms with E-state index in [0.717, 1.165) is 11.3 Å². The second-order valence-corrected chi connectivity index (χ2v) is 7.55. The van der Waals surface area contributed by atoms with Crippen molar-refractivity contribution in [1.82, 2.24) is 9.80 Å². The van der Waals surface area contributed by atoms with Crippen LogP contribution in [0.25, 0.3) is 0 Å². The van der Waals surface area contributed by atoms with E-state index in [1.807, 2.05) is 52.0 Å². The minimum atomic E-state index is -0.454. The van der Waals surface area contributed by atoms with Gasteiger partial charge in [-0.2, -0.15) is 5.26 Å². The highest BCUT2D eigenvalue weighted by Gasteiger charge is 2.42. The number of aliphatic imine (C=N–C) groups is 1. The van der Waals surface area contributed by atoms with Crippen LogP contribution in [-0.4, -0.2) is 40.6 Å². The van der Waals surface area contributed by atoms with Gasteiger partial charge in [0.05, 0.1) is 23.9 Å². The Balaban J connectivity index is 2.14. The Labute approximate surface area is 175 Å². The van der Waals surface area contributed by atoms with E-state index in [-0.39, 0.29) is 5.91 Å². The molecule has 29 heavy (non-hydrogen) atoms. The van der Waals surface area contributed by atoms with Crippen LogP contribution in [0.15, 0.2) is 51.3 Å². The molecule has 1 atom stereocenters. The molecular weight excluding hydrogens is 386 g/mol. The van der Waals surface area contributed by atoms with E-state index in [0.29, 0.717) is 46.9 Å². The van der Waals surface area contributed by atoms with Gasteiger partial charge in [0, 0.05) is 13.1 Å². The summed E-state index contributed by atoms with van der Waals surface area (Å²) in [5, 5.41) is 10.1. The number of ether oxygens (including phenoxy) is 1. The average molecular weight is 412 g/mol.